The summed E-state index contributed by atoms with van der Waals surface area (Å²) in [7, 11) is 0. The zero-order valence-corrected chi connectivity index (χ0v) is 17.6. The van der Waals surface area contributed by atoms with E-state index in [1.807, 2.05) is 27.7 Å². The Morgan fingerprint density at radius 1 is 0.481 bits per heavy atom. The van der Waals surface area contributed by atoms with Gasteiger partial charge < -0.3 is 0 Å². The van der Waals surface area contributed by atoms with Gasteiger partial charge in [-0.1, -0.05) is 100 Å². The number of rotatable bonds is 2. The lowest BCUT2D eigenvalue weighted by Crippen LogP contribution is -1.95. The maximum atomic E-state index is 2.35. The van der Waals surface area contributed by atoms with Gasteiger partial charge >= 0.3 is 0 Å². The molecule has 0 N–H and O–H groups in total. The highest BCUT2D eigenvalue weighted by Crippen LogP contribution is 2.25. The van der Waals surface area contributed by atoms with E-state index in [9.17, 15) is 0 Å². The van der Waals surface area contributed by atoms with Crippen LogP contribution in [0.5, 0.6) is 0 Å². The van der Waals surface area contributed by atoms with Crippen molar-refractivity contribution >= 4 is 21.5 Å². The number of fused-ring (bicyclic) bond motifs is 2. The highest BCUT2D eigenvalue weighted by Gasteiger charge is 2.06. The van der Waals surface area contributed by atoms with Crippen molar-refractivity contribution in [2.24, 2.45) is 0 Å². The van der Waals surface area contributed by atoms with Crippen LogP contribution in [0, 0.1) is 13.8 Å². The lowest BCUT2D eigenvalue weighted by molar-refractivity contribution is 1.14. The molecule has 0 amide bonds. The lowest BCUT2D eigenvalue weighted by Gasteiger charge is -2.12. The summed E-state index contributed by atoms with van der Waals surface area (Å²) >= 11 is 0. The van der Waals surface area contributed by atoms with Crippen molar-refractivity contribution < 1.29 is 0 Å². The van der Waals surface area contributed by atoms with Crippen LogP contribution >= 0.6 is 0 Å². The topological polar surface area (TPSA) is 0 Å². The zero-order chi connectivity index (χ0) is 19.8. The molecule has 0 heterocycles. The first-order chi connectivity index (χ1) is 13.2. The van der Waals surface area contributed by atoms with Crippen LogP contribution in [0.4, 0.5) is 0 Å². The minimum Gasteiger partial charge on any atom is -0.0683 e. The van der Waals surface area contributed by atoms with Crippen molar-refractivity contribution in [3.63, 3.8) is 0 Å². The van der Waals surface area contributed by atoms with E-state index in [1.54, 1.807) is 0 Å². The van der Waals surface area contributed by atoms with Gasteiger partial charge in [0.15, 0.2) is 0 Å². The van der Waals surface area contributed by atoms with E-state index in [2.05, 4.69) is 86.6 Å². The van der Waals surface area contributed by atoms with E-state index >= 15 is 0 Å². The Hall–Kier alpha value is -2.60. The van der Waals surface area contributed by atoms with Crippen molar-refractivity contribution in [2.45, 2.75) is 48.0 Å². The zero-order valence-electron chi connectivity index (χ0n) is 17.6. The van der Waals surface area contributed by atoms with E-state index in [0.29, 0.717) is 0 Å². The van der Waals surface area contributed by atoms with Crippen molar-refractivity contribution in [2.75, 3.05) is 0 Å². The molecule has 0 aliphatic carbocycles. The van der Waals surface area contributed by atoms with Gasteiger partial charge in [0, 0.05) is 0 Å². The van der Waals surface area contributed by atoms with Gasteiger partial charge in [-0.25, -0.2) is 0 Å². The molecule has 0 spiro atoms. The Balaban J connectivity index is 0.000000614. The summed E-state index contributed by atoms with van der Waals surface area (Å²) in [4.78, 5) is 0. The fourth-order valence-corrected chi connectivity index (χ4v) is 3.39. The van der Waals surface area contributed by atoms with Gasteiger partial charge in [-0.15, -0.1) is 0 Å². The average Bonchev–Trinajstić information content (AvgIpc) is 2.72. The standard InChI is InChI=1S/C23H20.2C2H6/c1-16-11-18-7-3-5-9-20(18)13-22(16)15-23-14-21-10-6-4-8-19(21)12-17(23)2;2*1-2/h3-14H,15H2,1-2H3;2*1-2H3. The van der Waals surface area contributed by atoms with Crippen molar-refractivity contribution in [1.29, 1.82) is 0 Å². The van der Waals surface area contributed by atoms with Gasteiger partial charge in [0.05, 0.1) is 0 Å². The molecule has 0 atom stereocenters. The van der Waals surface area contributed by atoms with Crippen molar-refractivity contribution in [3.8, 4) is 0 Å². The molecule has 0 bridgehead atoms. The summed E-state index contributed by atoms with van der Waals surface area (Å²) in [6.45, 7) is 12.4. The first-order valence-corrected chi connectivity index (χ1v) is 10.2. The smallest absolute Gasteiger partial charge is 0.00201 e. The Morgan fingerprint density at radius 3 is 1.11 bits per heavy atom. The van der Waals surface area contributed by atoms with Crippen molar-refractivity contribution in [3.05, 3.63) is 95.1 Å². The number of hydrogen-bond acceptors (Lipinski definition) is 0. The molecular formula is C27H32. The van der Waals surface area contributed by atoms with Gasteiger partial charge in [-0.3, -0.25) is 0 Å². The SMILES string of the molecule is CC.CC.Cc1cc2ccccc2cc1Cc1cc2ccccc2cc1C. The van der Waals surface area contributed by atoms with Crippen LogP contribution < -0.4 is 0 Å². The number of hydrogen-bond donors (Lipinski definition) is 0. The second kappa shape index (κ2) is 9.92. The molecule has 140 valence electrons. The minimum absolute atomic E-state index is 0.993. The number of aryl methyl sites for hydroxylation is 2. The maximum Gasteiger partial charge on any atom is -0.00201 e. The molecule has 0 aliphatic rings. The highest BCUT2D eigenvalue weighted by atomic mass is 14.1. The Morgan fingerprint density at radius 2 is 0.778 bits per heavy atom. The Bertz CT molecular complexity index is 926. The van der Waals surface area contributed by atoms with Crippen LogP contribution in [0.2, 0.25) is 0 Å². The Labute approximate surface area is 164 Å². The second-order valence-corrected chi connectivity index (χ2v) is 6.43. The molecule has 0 fully saturated rings. The molecule has 0 heteroatoms. The first kappa shape index (κ1) is 20.7. The van der Waals surface area contributed by atoms with Crippen LogP contribution in [0.3, 0.4) is 0 Å². The monoisotopic (exact) mass is 356 g/mol. The molecule has 0 saturated carbocycles. The Kier molecular flexibility index (Phi) is 7.61. The summed E-state index contributed by atoms with van der Waals surface area (Å²) in [5, 5.41) is 5.30. The molecule has 0 aliphatic heterocycles. The van der Waals surface area contributed by atoms with E-state index in [0.717, 1.165) is 6.42 Å². The van der Waals surface area contributed by atoms with Gasteiger partial charge in [-0.05, 0) is 64.1 Å². The third kappa shape index (κ3) is 4.77. The molecular weight excluding hydrogens is 324 g/mol. The van der Waals surface area contributed by atoms with Crippen LogP contribution in [-0.4, -0.2) is 0 Å². The van der Waals surface area contributed by atoms with Gasteiger partial charge in [0.25, 0.3) is 0 Å². The predicted molar refractivity (Wildman–Crippen MR) is 123 cm³/mol. The quantitative estimate of drug-likeness (QED) is 0.339. The number of benzene rings is 4. The molecule has 0 saturated heterocycles. The first-order valence-electron chi connectivity index (χ1n) is 10.2. The molecule has 27 heavy (non-hydrogen) atoms. The van der Waals surface area contributed by atoms with Crippen LogP contribution in [-0.2, 0) is 6.42 Å². The lowest BCUT2D eigenvalue weighted by atomic mass is 9.93. The highest BCUT2D eigenvalue weighted by molar-refractivity contribution is 5.85. The van der Waals surface area contributed by atoms with E-state index in [4.69, 9.17) is 0 Å². The summed E-state index contributed by atoms with van der Waals surface area (Å²) in [6.07, 6.45) is 0.993. The fourth-order valence-electron chi connectivity index (χ4n) is 3.39. The average molecular weight is 357 g/mol. The molecule has 0 radical (unpaired) electrons. The molecule has 0 nitrogen and oxygen atoms in total. The molecule has 0 aromatic heterocycles. The summed E-state index contributed by atoms with van der Waals surface area (Å²) in [5.74, 6) is 0. The summed E-state index contributed by atoms with van der Waals surface area (Å²) < 4.78 is 0. The van der Waals surface area contributed by atoms with E-state index in [1.165, 1.54) is 43.8 Å². The summed E-state index contributed by atoms with van der Waals surface area (Å²) in [5.41, 5.74) is 5.58. The van der Waals surface area contributed by atoms with E-state index < -0.39 is 0 Å². The van der Waals surface area contributed by atoms with Crippen LogP contribution in [0.25, 0.3) is 21.5 Å². The van der Waals surface area contributed by atoms with Crippen LogP contribution in [0.15, 0.2) is 72.8 Å². The maximum absolute atomic E-state index is 2.35. The second-order valence-electron chi connectivity index (χ2n) is 6.43. The molecule has 4 aromatic carbocycles. The van der Waals surface area contributed by atoms with Gasteiger partial charge in [0.1, 0.15) is 0 Å². The third-order valence-electron chi connectivity index (χ3n) is 4.79. The third-order valence-corrected chi connectivity index (χ3v) is 4.79. The molecule has 4 aromatic rings. The van der Waals surface area contributed by atoms with E-state index in [-0.39, 0.29) is 0 Å². The fraction of sp³-hybridized carbons (Fsp3) is 0.259. The normalized spacial score (nSPS) is 10.0. The largest absolute Gasteiger partial charge is 0.0683 e. The predicted octanol–water partition coefficient (Wildman–Crippen LogP) is 8.25. The minimum atomic E-state index is 0.993. The van der Waals surface area contributed by atoms with Crippen molar-refractivity contribution in [1.82, 2.24) is 0 Å². The van der Waals surface area contributed by atoms with Gasteiger partial charge in [-0.2, -0.15) is 0 Å². The summed E-state index contributed by atoms with van der Waals surface area (Å²) in [6, 6.07) is 26.5. The molecule has 0 unspecified atom stereocenters. The van der Waals surface area contributed by atoms with Crippen LogP contribution in [0.1, 0.15) is 49.9 Å². The van der Waals surface area contributed by atoms with Gasteiger partial charge in [0.2, 0.25) is 0 Å². The molecule has 4 rings (SSSR count).